The number of benzene rings is 1. The largest absolute Gasteiger partial charge is 0.496 e. The van der Waals surface area contributed by atoms with Crippen molar-refractivity contribution in [3.8, 4) is 5.75 Å². The van der Waals surface area contributed by atoms with Gasteiger partial charge < -0.3 is 19.9 Å². The first-order valence-electron chi connectivity index (χ1n) is 11.8. The van der Waals surface area contributed by atoms with E-state index in [1.165, 1.54) is 4.90 Å². The van der Waals surface area contributed by atoms with Crippen molar-refractivity contribution in [1.82, 2.24) is 20.0 Å². The van der Waals surface area contributed by atoms with E-state index in [0.29, 0.717) is 31.7 Å². The predicted octanol–water partition coefficient (Wildman–Crippen LogP) is 2.03. The van der Waals surface area contributed by atoms with E-state index in [2.05, 4.69) is 17.1 Å². The molecule has 0 bridgehead atoms. The number of hydrogen-bond donors (Lipinski definition) is 1. The number of likely N-dealkylation sites (tertiary alicyclic amines) is 2. The van der Waals surface area contributed by atoms with Gasteiger partial charge in [0.05, 0.1) is 19.6 Å². The Labute approximate surface area is 189 Å². The molecule has 32 heavy (non-hydrogen) atoms. The number of urea groups is 1. The lowest BCUT2D eigenvalue weighted by Gasteiger charge is -2.39. The summed E-state index contributed by atoms with van der Waals surface area (Å²) in [5.41, 5.74) is 0.0697. The molecule has 0 aromatic heterocycles. The quantitative estimate of drug-likeness (QED) is 0.682. The molecule has 0 saturated carbocycles. The Morgan fingerprint density at radius 2 is 1.94 bits per heavy atom. The molecule has 3 fully saturated rings. The van der Waals surface area contributed by atoms with Crippen LogP contribution in [0, 0.1) is 0 Å². The van der Waals surface area contributed by atoms with Gasteiger partial charge in [0.2, 0.25) is 5.91 Å². The lowest BCUT2D eigenvalue weighted by atomic mass is 9.87. The zero-order valence-corrected chi connectivity index (χ0v) is 19.1. The van der Waals surface area contributed by atoms with Crippen LogP contribution >= 0.6 is 0 Å². The number of methoxy groups -OCH3 is 1. The molecule has 8 nitrogen and oxygen atoms in total. The highest BCUT2D eigenvalue weighted by Gasteiger charge is 2.54. The molecule has 3 heterocycles. The smallest absolute Gasteiger partial charge is 0.325 e. The van der Waals surface area contributed by atoms with Gasteiger partial charge in [0.15, 0.2) is 0 Å². The fraction of sp³-hybridized carbons (Fsp3) is 0.625. The third-order valence-electron chi connectivity index (χ3n) is 7.09. The molecule has 1 aromatic carbocycles. The predicted molar refractivity (Wildman–Crippen MR) is 120 cm³/mol. The molecule has 4 amide bonds. The molecule has 1 spiro atoms. The Morgan fingerprint density at radius 1 is 1.19 bits per heavy atom. The van der Waals surface area contributed by atoms with Crippen molar-refractivity contribution in [3.05, 3.63) is 29.8 Å². The van der Waals surface area contributed by atoms with Crippen molar-refractivity contribution in [3.63, 3.8) is 0 Å². The average molecular weight is 443 g/mol. The number of piperidine rings is 2. The lowest BCUT2D eigenvalue weighted by molar-refractivity contribution is -0.138. The molecule has 1 N–H and O–H groups in total. The molecule has 8 heteroatoms. The molecule has 3 saturated heterocycles. The van der Waals surface area contributed by atoms with Crippen molar-refractivity contribution in [2.24, 2.45) is 0 Å². The standard InChI is InChI=1S/C24H34N4O4/c1-3-12-26-14-10-24(11-15-26)22(30)28(23(31)25-24)19-8-6-13-27(17-19)21(29)16-18-7-4-5-9-20(18)32-2/h4-5,7,9,19H,3,6,8,10-17H2,1-2H3,(H,25,31)/t19-/m1/s1. The van der Waals surface area contributed by atoms with Gasteiger partial charge in [-0.1, -0.05) is 25.1 Å². The maximum atomic E-state index is 13.4. The number of nitrogens with zero attached hydrogens (tertiary/aromatic N) is 3. The first-order chi connectivity index (χ1) is 15.5. The van der Waals surface area contributed by atoms with Crippen molar-refractivity contribution in [1.29, 1.82) is 0 Å². The van der Waals surface area contributed by atoms with Crippen LogP contribution in [0.3, 0.4) is 0 Å². The highest BCUT2D eigenvalue weighted by molar-refractivity contribution is 6.07. The summed E-state index contributed by atoms with van der Waals surface area (Å²) in [5.74, 6) is 0.580. The van der Waals surface area contributed by atoms with Gasteiger partial charge in [-0.15, -0.1) is 0 Å². The molecule has 0 aliphatic carbocycles. The number of amides is 4. The second-order valence-electron chi connectivity index (χ2n) is 9.15. The van der Waals surface area contributed by atoms with E-state index >= 15 is 0 Å². The summed E-state index contributed by atoms with van der Waals surface area (Å²) < 4.78 is 5.37. The van der Waals surface area contributed by atoms with E-state index in [0.717, 1.165) is 44.5 Å². The Kier molecular flexibility index (Phi) is 6.69. The number of carbonyl (C=O) groups excluding carboxylic acids is 3. The first kappa shape index (κ1) is 22.6. The third-order valence-corrected chi connectivity index (χ3v) is 7.09. The summed E-state index contributed by atoms with van der Waals surface area (Å²) in [6.45, 7) is 5.85. The molecular formula is C24H34N4O4. The fourth-order valence-corrected chi connectivity index (χ4v) is 5.30. The van der Waals surface area contributed by atoms with Crippen molar-refractivity contribution >= 4 is 17.8 Å². The lowest BCUT2D eigenvalue weighted by Crippen LogP contribution is -2.56. The van der Waals surface area contributed by atoms with Crippen molar-refractivity contribution in [2.75, 3.05) is 39.8 Å². The highest BCUT2D eigenvalue weighted by Crippen LogP contribution is 2.32. The first-order valence-corrected chi connectivity index (χ1v) is 11.8. The fourth-order valence-electron chi connectivity index (χ4n) is 5.30. The molecular weight excluding hydrogens is 408 g/mol. The SMILES string of the molecule is CCCN1CCC2(CC1)NC(=O)N([C@@H]1CCCN(C(=O)Cc3ccccc3OC)C1)C2=O. The normalized spacial score (nSPS) is 23.5. The van der Waals surface area contributed by atoms with Gasteiger partial charge in [-0.3, -0.25) is 14.5 Å². The Balaban J connectivity index is 1.41. The maximum absolute atomic E-state index is 13.4. The van der Waals surface area contributed by atoms with Gasteiger partial charge in [0.1, 0.15) is 11.3 Å². The van der Waals surface area contributed by atoms with Crippen LogP contribution in [0.2, 0.25) is 0 Å². The summed E-state index contributed by atoms with van der Waals surface area (Å²) in [5, 5.41) is 3.02. The van der Waals surface area contributed by atoms with Gasteiger partial charge in [-0.05, 0) is 44.7 Å². The van der Waals surface area contributed by atoms with Gasteiger partial charge >= 0.3 is 6.03 Å². The molecule has 0 unspecified atom stereocenters. The maximum Gasteiger partial charge on any atom is 0.325 e. The van der Waals surface area contributed by atoms with E-state index in [-0.39, 0.29) is 30.3 Å². The van der Waals surface area contributed by atoms with Gasteiger partial charge in [0, 0.05) is 31.7 Å². The minimum atomic E-state index is -0.773. The summed E-state index contributed by atoms with van der Waals surface area (Å²) >= 11 is 0. The van der Waals surface area contributed by atoms with Crippen LogP contribution < -0.4 is 10.1 Å². The monoisotopic (exact) mass is 442 g/mol. The van der Waals surface area contributed by atoms with Gasteiger partial charge in [0.25, 0.3) is 5.91 Å². The summed E-state index contributed by atoms with van der Waals surface area (Å²) in [6, 6.07) is 6.94. The molecule has 174 valence electrons. The Morgan fingerprint density at radius 3 is 2.66 bits per heavy atom. The summed E-state index contributed by atoms with van der Waals surface area (Å²) in [7, 11) is 1.60. The topological polar surface area (TPSA) is 82.2 Å². The number of para-hydroxylation sites is 1. The molecule has 1 atom stereocenters. The number of imide groups is 1. The highest BCUT2D eigenvalue weighted by atomic mass is 16.5. The molecule has 3 aliphatic heterocycles. The van der Waals surface area contributed by atoms with E-state index in [9.17, 15) is 14.4 Å². The van der Waals surface area contributed by atoms with E-state index in [4.69, 9.17) is 4.74 Å². The van der Waals surface area contributed by atoms with Crippen LogP contribution in [-0.4, -0.2) is 84.0 Å². The van der Waals surface area contributed by atoms with Crippen LogP contribution in [0.1, 0.15) is 44.6 Å². The van der Waals surface area contributed by atoms with E-state index < -0.39 is 5.54 Å². The Hall–Kier alpha value is -2.61. The van der Waals surface area contributed by atoms with Gasteiger partial charge in [-0.2, -0.15) is 0 Å². The number of hydrogen-bond acceptors (Lipinski definition) is 5. The van der Waals surface area contributed by atoms with E-state index in [1.54, 1.807) is 12.0 Å². The second-order valence-corrected chi connectivity index (χ2v) is 9.15. The van der Waals surface area contributed by atoms with Crippen LogP contribution in [0.4, 0.5) is 4.79 Å². The Bertz CT molecular complexity index is 865. The zero-order chi connectivity index (χ0) is 22.7. The molecule has 1 aromatic rings. The molecule has 4 rings (SSSR count). The minimum Gasteiger partial charge on any atom is -0.496 e. The number of rotatable bonds is 6. The number of carbonyl (C=O) groups is 3. The minimum absolute atomic E-state index is 0.00570. The van der Waals surface area contributed by atoms with Crippen LogP contribution in [0.5, 0.6) is 5.75 Å². The zero-order valence-electron chi connectivity index (χ0n) is 19.1. The number of nitrogens with one attached hydrogen (secondary N) is 1. The van der Waals surface area contributed by atoms with Crippen LogP contribution in [-0.2, 0) is 16.0 Å². The van der Waals surface area contributed by atoms with E-state index in [1.807, 2.05) is 24.3 Å². The van der Waals surface area contributed by atoms with Crippen molar-refractivity contribution in [2.45, 2.75) is 57.0 Å². The number of ether oxygens (including phenoxy) is 1. The average Bonchev–Trinajstić information content (AvgIpc) is 3.05. The van der Waals surface area contributed by atoms with Gasteiger partial charge in [-0.25, -0.2) is 4.79 Å². The summed E-state index contributed by atoms with van der Waals surface area (Å²) in [4.78, 5) is 44.9. The van der Waals surface area contributed by atoms with Crippen LogP contribution in [0.15, 0.2) is 24.3 Å². The summed E-state index contributed by atoms with van der Waals surface area (Å²) in [6.07, 6.45) is 4.13. The molecule has 3 aliphatic rings. The van der Waals surface area contributed by atoms with Crippen molar-refractivity contribution < 1.29 is 19.1 Å². The third kappa shape index (κ3) is 4.33. The van der Waals surface area contributed by atoms with Crippen LogP contribution in [0.25, 0.3) is 0 Å². The second kappa shape index (κ2) is 9.48. The molecule has 0 radical (unpaired) electrons.